The monoisotopic (exact) mass is 223 g/mol. The van der Waals surface area contributed by atoms with Gasteiger partial charge in [-0.3, -0.25) is 14.9 Å². The smallest absolute Gasteiger partial charge is 0.356 e. The highest BCUT2D eigenvalue weighted by Gasteiger charge is 2.19. The lowest BCUT2D eigenvalue weighted by atomic mass is 10.2. The van der Waals surface area contributed by atoms with Crippen molar-refractivity contribution in [3.8, 4) is 0 Å². The molecule has 0 aliphatic heterocycles. The Hall–Kier alpha value is -2.11. The van der Waals surface area contributed by atoms with Gasteiger partial charge in [0.2, 0.25) is 0 Å². The molecule has 0 unspecified atom stereocenters. The van der Waals surface area contributed by atoms with E-state index in [9.17, 15) is 14.9 Å². The standard InChI is InChI=1S/C10H13N3O3/c1-4-6-7(5-2)12-10(11-3)8(9(6)14)13(15)16/h4-5,11-12H,1-3H3/b6-4+,7-5+. The quantitative estimate of drug-likeness (QED) is 0.542. The molecule has 1 heterocycles. The van der Waals surface area contributed by atoms with E-state index in [1.165, 1.54) is 7.05 Å². The molecule has 0 fully saturated rings. The maximum absolute atomic E-state index is 11.8. The summed E-state index contributed by atoms with van der Waals surface area (Å²) in [5, 5.41) is 14.3. The maximum atomic E-state index is 11.8. The first-order valence-corrected chi connectivity index (χ1v) is 4.77. The average molecular weight is 223 g/mol. The van der Waals surface area contributed by atoms with Crippen LogP contribution >= 0.6 is 0 Å². The molecule has 86 valence electrons. The molecule has 1 aromatic heterocycles. The minimum Gasteiger partial charge on any atom is -0.369 e. The fourth-order valence-electron chi connectivity index (χ4n) is 1.49. The topological polar surface area (TPSA) is 88.0 Å². The second kappa shape index (κ2) is 4.61. The Labute approximate surface area is 91.5 Å². The number of nitrogens with zero attached hydrogens (tertiary/aromatic N) is 1. The molecule has 6 heteroatoms. The third-order valence-corrected chi connectivity index (χ3v) is 2.26. The van der Waals surface area contributed by atoms with Crippen molar-refractivity contribution in [2.45, 2.75) is 13.8 Å². The molecule has 6 nitrogen and oxygen atoms in total. The third kappa shape index (κ3) is 1.81. The van der Waals surface area contributed by atoms with Crippen molar-refractivity contribution in [2.75, 3.05) is 12.4 Å². The lowest BCUT2D eigenvalue weighted by Crippen LogP contribution is -2.42. The Kier molecular flexibility index (Phi) is 3.44. The van der Waals surface area contributed by atoms with E-state index in [0.717, 1.165) is 0 Å². The highest BCUT2D eigenvalue weighted by Crippen LogP contribution is 2.11. The lowest BCUT2D eigenvalue weighted by Gasteiger charge is -2.01. The van der Waals surface area contributed by atoms with Crippen LogP contribution < -0.4 is 21.3 Å². The largest absolute Gasteiger partial charge is 0.369 e. The summed E-state index contributed by atoms with van der Waals surface area (Å²) in [5.74, 6) is 0.119. The molecule has 0 saturated heterocycles. The minimum absolute atomic E-state index is 0.119. The Morgan fingerprint density at radius 1 is 1.38 bits per heavy atom. The number of anilines is 1. The summed E-state index contributed by atoms with van der Waals surface area (Å²) in [7, 11) is 1.52. The van der Waals surface area contributed by atoms with E-state index >= 15 is 0 Å². The maximum Gasteiger partial charge on any atom is 0.356 e. The van der Waals surface area contributed by atoms with Crippen LogP contribution in [0.15, 0.2) is 4.79 Å². The Morgan fingerprint density at radius 3 is 2.38 bits per heavy atom. The van der Waals surface area contributed by atoms with Crippen LogP contribution in [0.25, 0.3) is 12.2 Å². The summed E-state index contributed by atoms with van der Waals surface area (Å²) in [4.78, 5) is 24.8. The van der Waals surface area contributed by atoms with Crippen molar-refractivity contribution in [1.82, 2.24) is 4.98 Å². The Bertz CT molecular complexity index is 587. The van der Waals surface area contributed by atoms with E-state index in [-0.39, 0.29) is 5.82 Å². The molecule has 0 atom stereocenters. The molecule has 0 bridgehead atoms. The fourth-order valence-corrected chi connectivity index (χ4v) is 1.49. The van der Waals surface area contributed by atoms with E-state index in [1.54, 1.807) is 26.0 Å². The predicted octanol–water partition coefficient (Wildman–Crippen LogP) is -0.0744. The van der Waals surface area contributed by atoms with Crippen LogP contribution in [0.3, 0.4) is 0 Å². The van der Waals surface area contributed by atoms with Gasteiger partial charge in [0.25, 0.3) is 5.43 Å². The first-order valence-electron chi connectivity index (χ1n) is 4.77. The highest BCUT2D eigenvalue weighted by atomic mass is 16.6. The second-order valence-electron chi connectivity index (χ2n) is 3.09. The first-order chi connectivity index (χ1) is 7.56. The Balaban J connectivity index is 3.93. The van der Waals surface area contributed by atoms with Gasteiger partial charge in [0.1, 0.15) is 0 Å². The van der Waals surface area contributed by atoms with Crippen LogP contribution in [-0.4, -0.2) is 17.0 Å². The molecule has 0 radical (unpaired) electrons. The van der Waals surface area contributed by atoms with E-state index < -0.39 is 16.0 Å². The number of aromatic amines is 1. The van der Waals surface area contributed by atoms with Gasteiger partial charge < -0.3 is 10.3 Å². The molecule has 1 aromatic rings. The van der Waals surface area contributed by atoms with Gasteiger partial charge in [0.15, 0.2) is 5.82 Å². The minimum atomic E-state index is -0.683. The van der Waals surface area contributed by atoms with Gasteiger partial charge in [-0.05, 0) is 13.8 Å². The molecular formula is C10H13N3O3. The lowest BCUT2D eigenvalue weighted by molar-refractivity contribution is -0.385. The number of hydrogen-bond acceptors (Lipinski definition) is 4. The Morgan fingerprint density at radius 2 is 2.00 bits per heavy atom. The van der Waals surface area contributed by atoms with Gasteiger partial charge >= 0.3 is 5.69 Å². The van der Waals surface area contributed by atoms with Crippen molar-refractivity contribution in [3.05, 3.63) is 30.9 Å². The van der Waals surface area contributed by atoms with Gasteiger partial charge in [-0.2, -0.15) is 0 Å². The number of H-pyrrole nitrogens is 1. The van der Waals surface area contributed by atoms with Crippen molar-refractivity contribution >= 4 is 23.7 Å². The van der Waals surface area contributed by atoms with E-state index in [0.29, 0.717) is 10.6 Å². The summed E-state index contributed by atoms with van der Waals surface area (Å²) in [6, 6.07) is 0. The first kappa shape index (κ1) is 12.0. The van der Waals surface area contributed by atoms with Crippen molar-refractivity contribution in [1.29, 1.82) is 0 Å². The molecule has 0 aromatic carbocycles. The molecule has 0 aliphatic carbocycles. The zero-order chi connectivity index (χ0) is 12.3. The summed E-state index contributed by atoms with van der Waals surface area (Å²) < 4.78 is 0. The van der Waals surface area contributed by atoms with Gasteiger partial charge in [0, 0.05) is 17.6 Å². The van der Waals surface area contributed by atoms with Gasteiger partial charge in [-0.15, -0.1) is 0 Å². The van der Waals surface area contributed by atoms with Crippen molar-refractivity contribution < 1.29 is 4.92 Å². The average Bonchev–Trinajstić information content (AvgIpc) is 2.26. The van der Waals surface area contributed by atoms with Crippen LogP contribution in [0.4, 0.5) is 11.5 Å². The van der Waals surface area contributed by atoms with Crippen LogP contribution in [0.5, 0.6) is 0 Å². The molecule has 0 aliphatic rings. The summed E-state index contributed by atoms with van der Waals surface area (Å²) in [5.41, 5.74) is -1.04. The van der Waals surface area contributed by atoms with E-state index in [1.807, 2.05) is 0 Å². The molecule has 16 heavy (non-hydrogen) atoms. The summed E-state index contributed by atoms with van der Waals surface area (Å²) in [6.07, 6.45) is 3.25. The van der Waals surface area contributed by atoms with Crippen LogP contribution in [0.2, 0.25) is 0 Å². The highest BCUT2D eigenvalue weighted by molar-refractivity contribution is 5.56. The number of aromatic nitrogens is 1. The van der Waals surface area contributed by atoms with Gasteiger partial charge in [-0.25, -0.2) is 0 Å². The zero-order valence-electron chi connectivity index (χ0n) is 9.33. The summed E-state index contributed by atoms with van der Waals surface area (Å²) >= 11 is 0. The van der Waals surface area contributed by atoms with Gasteiger partial charge in [0.05, 0.1) is 4.92 Å². The van der Waals surface area contributed by atoms with Crippen molar-refractivity contribution in [2.24, 2.45) is 0 Å². The van der Waals surface area contributed by atoms with Gasteiger partial charge in [-0.1, -0.05) is 12.2 Å². The zero-order valence-corrected chi connectivity index (χ0v) is 9.33. The summed E-state index contributed by atoms with van der Waals surface area (Å²) in [6.45, 7) is 3.42. The number of hydrogen-bond donors (Lipinski definition) is 2. The predicted molar refractivity (Wildman–Crippen MR) is 62.8 cm³/mol. The van der Waals surface area contributed by atoms with Crippen LogP contribution in [0.1, 0.15) is 13.8 Å². The molecule has 0 saturated carbocycles. The normalized spacial score (nSPS) is 12.9. The fraction of sp³-hybridized carbons (Fsp3) is 0.300. The number of rotatable bonds is 2. The van der Waals surface area contributed by atoms with Crippen molar-refractivity contribution in [3.63, 3.8) is 0 Å². The molecule has 0 spiro atoms. The molecule has 2 N–H and O–H groups in total. The SMILES string of the molecule is C/C=c1/[nH]c(NC)c([N+](=O)[O-])c(=O)/c1=C/C. The van der Waals surface area contributed by atoms with Crippen LogP contribution in [0, 0.1) is 10.1 Å². The molecular weight excluding hydrogens is 210 g/mol. The van der Waals surface area contributed by atoms with E-state index in [4.69, 9.17) is 0 Å². The third-order valence-electron chi connectivity index (χ3n) is 2.26. The second-order valence-corrected chi connectivity index (χ2v) is 3.09. The number of nitro groups is 1. The number of pyridine rings is 1. The number of nitrogens with one attached hydrogen (secondary N) is 2. The molecule has 0 amide bonds. The van der Waals surface area contributed by atoms with E-state index in [2.05, 4.69) is 10.3 Å². The van der Waals surface area contributed by atoms with Crippen LogP contribution in [-0.2, 0) is 0 Å². The molecule has 1 rings (SSSR count).